The second kappa shape index (κ2) is 11.1. The summed E-state index contributed by atoms with van der Waals surface area (Å²) in [6.45, 7) is 2.76. The van der Waals surface area contributed by atoms with Crippen molar-refractivity contribution in [3.63, 3.8) is 0 Å². The maximum absolute atomic E-state index is 11.8. The van der Waals surface area contributed by atoms with Gasteiger partial charge in [0, 0.05) is 31.7 Å². The number of Topliss-reactive ketones (excluding diaryl/α,β-unsaturated/α-hetero) is 1. The molecule has 1 aliphatic rings. The SMILES string of the molecule is CN(C)CCCCC(=O)CSCCN1CCCCCC1=O. The summed E-state index contributed by atoms with van der Waals surface area (Å²) in [6, 6.07) is 0. The molecule has 0 atom stereocenters. The fourth-order valence-electron chi connectivity index (χ4n) is 2.46. The molecule has 1 rings (SSSR count). The van der Waals surface area contributed by atoms with Crippen LogP contribution in [-0.4, -0.2) is 66.7 Å². The Hall–Kier alpha value is -0.550. The lowest BCUT2D eigenvalue weighted by atomic mass is 10.2. The highest BCUT2D eigenvalue weighted by Gasteiger charge is 2.15. The zero-order valence-electron chi connectivity index (χ0n) is 13.6. The number of thioether (sulfide) groups is 1. The van der Waals surface area contributed by atoms with E-state index in [4.69, 9.17) is 0 Å². The van der Waals surface area contributed by atoms with Gasteiger partial charge in [0.25, 0.3) is 0 Å². The number of ketones is 1. The lowest BCUT2D eigenvalue weighted by Gasteiger charge is -2.19. The molecule has 0 aromatic carbocycles. The summed E-state index contributed by atoms with van der Waals surface area (Å²) in [5.74, 6) is 2.13. The van der Waals surface area contributed by atoms with Gasteiger partial charge in [-0.3, -0.25) is 9.59 Å². The monoisotopic (exact) mass is 314 g/mol. The fourth-order valence-corrected chi connectivity index (χ4v) is 3.32. The second-order valence-electron chi connectivity index (χ2n) is 6.04. The molecule has 0 N–H and O–H groups in total. The Labute approximate surface area is 133 Å². The molecule has 0 saturated carbocycles. The number of carbonyl (C=O) groups is 2. The molecule has 1 saturated heterocycles. The number of amides is 1. The van der Waals surface area contributed by atoms with E-state index in [1.54, 1.807) is 11.8 Å². The molecule has 0 aromatic heterocycles. The van der Waals surface area contributed by atoms with Gasteiger partial charge in [-0.15, -0.1) is 0 Å². The highest BCUT2D eigenvalue weighted by atomic mass is 32.2. The first-order chi connectivity index (χ1) is 10.1. The summed E-state index contributed by atoms with van der Waals surface area (Å²) in [5, 5.41) is 0. The largest absolute Gasteiger partial charge is 0.342 e. The van der Waals surface area contributed by atoms with Gasteiger partial charge < -0.3 is 9.80 Å². The first kappa shape index (κ1) is 18.5. The van der Waals surface area contributed by atoms with Crippen molar-refractivity contribution in [2.45, 2.75) is 44.9 Å². The van der Waals surface area contributed by atoms with E-state index in [9.17, 15) is 9.59 Å². The molecule has 0 unspecified atom stereocenters. The second-order valence-corrected chi connectivity index (χ2v) is 7.15. The number of hydrogen-bond donors (Lipinski definition) is 0. The zero-order chi connectivity index (χ0) is 15.5. The average Bonchev–Trinajstić information content (AvgIpc) is 2.64. The third kappa shape index (κ3) is 9.14. The minimum Gasteiger partial charge on any atom is -0.342 e. The van der Waals surface area contributed by atoms with Crippen LogP contribution in [0.2, 0.25) is 0 Å². The number of nitrogens with zero attached hydrogens (tertiary/aromatic N) is 2. The molecule has 5 heteroatoms. The zero-order valence-corrected chi connectivity index (χ0v) is 14.4. The topological polar surface area (TPSA) is 40.6 Å². The number of rotatable bonds is 10. The van der Waals surface area contributed by atoms with E-state index < -0.39 is 0 Å². The van der Waals surface area contributed by atoms with Crippen molar-refractivity contribution in [2.75, 3.05) is 45.2 Å². The molecular weight excluding hydrogens is 284 g/mol. The minimum absolute atomic E-state index is 0.295. The van der Waals surface area contributed by atoms with E-state index in [0.717, 1.165) is 51.1 Å². The van der Waals surface area contributed by atoms with E-state index in [-0.39, 0.29) is 0 Å². The van der Waals surface area contributed by atoms with Crippen LogP contribution in [0.15, 0.2) is 0 Å². The van der Waals surface area contributed by atoms with E-state index in [1.165, 1.54) is 6.42 Å². The molecule has 4 nitrogen and oxygen atoms in total. The van der Waals surface area contributed by atoms with Crippen LogP contribution in [0.25, 0.3) is 0 Å². The van der Waals surface area contributed by atoms with Gasteiger partial charge in [-0.25, -0.2) is 0 Å². The summed E-state index contributed by atoms with van der Waals surface area (Å²) in [6.07, 6.45) is 6.81. The number of hydrogen-bond acceptors (Lipinski definition) is 4. The summed E-state index contributed by atoms with van der Waals surface area (Å²) >= 11 is 1.67. The Morgan fingerprint density at radius 1 is 1.24 bits per heavy atom. The lowest BCUT2D eigenvalue weighted by Crippen LogP contribution is -2.32. The third-order valence-electron chi connectivity index (χ3n) is 3.75. The van der Waals surface area contributed by atoms with Crippen LogP contribution in [0.1, 0.15) is 44.9 Å². The Morgan fingerprint density at radius 3 is 2.81 bits per heavy atom. The standard InChI is InChI=1S/C16H30N2O2S/c1-17(2)10-7-5-8-15(19)14-21-13-12-18-11-6-3-4-9-16(18)20/h3-14H2,1-2H3. The maximum Gasteiger partial charge on any atom is 0.222 e. The fraction of sp³-hybridized carbons (Fsp3) is 0.875. The van der Waals surface area contributed by atoms with Crippen LogP contribution in [0.4, 0.5) is 0 Å². The van der Waals surface area contributed by atoms with Crippen LogP contribution >= 0.6 is 11.8 Å². The Kier molecular flexibility index (Phi) is 9.76. The quantitative estimate of drug-likeness (QED) is 0.581. The first-order valence-corrected chi connectivity index (χ1v) is 9.27. The average molecular weight is 314 g/mol. The highest BCUT2D eigenvalue weighted by Crippen LogP contribution is 2.12. The van der Waals surface area contributed by atoms with Crippen molar-refractivity contribution >= 4 is 23.5 Å². The molecule has 1 fully saturated rings. The molecule has 0 aromatic rings. The van der Waals surface area contributed by atoms with Crippen molar-refractivity contribution < 1.29 is 9.59 Å². The number of carbonyl (C=O) groups excluding carboxylic acids is 2. The van der Waals surface area contributed by atoms with E-state index >= 15 is 0 Å². The molecule has 1 heterocycles. The van der Waals surface area contributed by atoms with Gasteiger partial charge in [-0.2, -0.15) is 11.8 Å². The number of likely N-dealkylation sites (tertiary alicyclic amines) is 1. The molecular formula is C16H30N2O2S. The van der Waals surface area contributed by atoms with Crippen LogP contribution < -0.4 is 0 Å². The van der Waals surface area contributed by atoms with Crippen LogP contribution in [0, 0.1) is 0 Å². The van der Waals surface area contributed by atoms with Crippen LogP contribution in [0.3, 0.4) is 0 Å². The normalized spacial score (nSPS) is 16.3. The maximum atomic E-state index is 11.8. The van der Waals surface area contributed by atoms with Gasteiger partial charge in [-0.05, 0) is 46.3 Å². The summed E-state index contributed by atoms with van der Waals surface area (Å²) < 4.78 is 0. The minimum atomic E-state index is 0.295. The van der Waals surface area contributed by atoms with Crippen molar-refractivity contribution in [1.29, 1.82) is 0 Å². The molecule has 0 aliphatic carbocycles. The van der Waals surface area contributed by atoms with Crippen molar-refractivity contribution in [3.05, 3.63) is 0 Å². The van der Waals surface area contributed by atoms with E-state index in [2.05, 4.69) is 19.0 Å². The van der Waals surface area contributed by atoms with Crippen molar-refractivity contribution in [3.8, 4) is 0 Å². The smallest absolute Gasteiger partial charge is 0.222 e. The summed E-state index contributed by atoms with van der Waals surface area (Å²) in [5.41, 5.74) is 0. The van der Waals surface area contributed by atoms with Gasteiger partial charge in [0.2, 0.25) is 5.91 Å². The Bertz CT molecular complexity index is 321. The molecule has 21 heavy (non-hydrogen) atoms. The van der Waals surface area contributed by atoms with Gasteiger partial charge >= 0.3 is 0 Å². The van der Waals surface area contributed by atoms with Gasteiger partial charge in [-0.1, -0.05) is 6.42 Å². The molecule has 122 valence electrons. The van der Waals surface area contributed by atoms with Crippen molar-refractivity contribution in [1.82, 2.24) is 9.80 Å². The molecule has 1 amide bonds. The molecule has 1 aliphatic heterocycles. The van der Waals surface area contributed by atoms with Gasteiger partial charge in [0.05, 0.1) is 5.75 Å². The molecule has 0 spiro atoms. The first-order valence-electron chi connectivity index (χ1n) is 8.11. The van der Waals surface area contributed by atoms with Crippen LogP contribution in [0.5, 0.6) is 0 Å². The van der Waals surface area contributed by atoms with E-state index in [1.807, 2.05) is 4.90 Å². The predicted molar refractivity (Wildman–Crippen MR) is 89.8 cm³/mol. The molecule has 0 radical (unpaired) electrons. The highest BCUT2D eigenvalue weighted by molar-refractivity contribution is 7.99. The third-order valence-corrected chi connectivity index (χ3v) is 4.75. The Balaban J connectivity index is 2.02. The molecule has 0 bridgehead atoms. The lowest BCUT2D eigenvalue weighted by molar-refractivity contribution is -0.130. The Morgan fingerprint density at radius 2 is 2.05 bits per heavy atom. The van der Waals surface area contributed by atoms with Gasteiger partial charge in [0.15, 0.2) is 0 Å². The van der Waals surface area contributed by atoms with Crippen LogP contribution in [-0.2, 0) is 9.59 Å². The summed E-state index contributed by atoms with van der Waals surface area (Å²) in [4.78, 5) is 27.7. The van der Waals surface area contributed by atoms with E-state index in [0.29, 0.717) is 30.3 Å². The summed E-state index contributed by atoms with van der Waals surface area (Å²) in [7, 11) is 4.11. The van der Waals surface area contributed by atoms with Crippen molar-refractivity contribution in [2.24, 2.45) is 0 Å². The number of unbranched alkanes of at least 4 members (excludes halogenated alkanes) is 1. The predicted octanol–water partition coefficient (Wildman–Crippen LogP) is 2.42. The van der Waals surface area contributed by atoms with Gasteiger partial charge in [0.1, 0.15) is 5.78 Å².